The lowest BCUT2D eigenvalue weighted by atomic mass is 10.1. The Hall–Kier alpha value is -1.63. The molecule has 0 aromatic heterocycles. The van der Waals surface area contributed by atoms with E-state index in [1.807, 2.05) is 38.1 Å². The van der Waals surface area contributed by atoms with Gasteiger partial charge in [0, 0.05) is 17.6 Å². The largest absolute Gasteiger partial charge is 0.491 e. The first-order valence-corrected chi connectivity index (χ1v) is 9.24. The monoisotopic (exact) mass is 367 g/mol. The third kappa shape index (κ3) is 11.1. The molecule has 0 aliphatic rings. The van der Waals surface area contributed by atoms with E-state index >= 15 is 0 Å². The summed E-state index contributed by atoms with van der Waals surface area (Å²) in [5.41, 5.74) is 1.08. The van der Waals surface area contributed by atoms with Gasteiger partial charge in [-0.25, -0.2) is 0 Å². The first-order chi connectivity index (χ1) is 12.5. The maximum atomic E-state index is 11.3. The molecule has 26 heavy (non-hydrogen) atoms. The summed E-state index contributed by atoms with van der Waals surface area (Å²) in [7, 11) is 0. The van der Waals surface area contributed by atoms with Gasteiger partial charge in [0.2, 0.25) is 0 Å². The second-order valence-electron chi connectivity index (χ2n) is 6.57. The van der Waals surface area contributed by atoms with Crippen LogP contribution in [0.3, 0.4) is 0 Å². The van der Waals surface area contributed by atoms with Crippen molar-refractivity contribution in [1.29, 1.82) is 0 Å². The molecule has 0 atom stereocenters. The van der Waals surface area contributed by atoms with Crippen molar-refractivity contribution in [3.63, 3.8) is 0 Å². The van der Waals surface area contributed by atoms with Crippen LogP contribution >= 0.6 is 0 Å². The lowest BCUT2D eigenvalue weighted by molar-refractivity contribution is -0.127. The van der Waals surface area contributed by atoms with Gasteiger partial charge in [0.05, 0.1) is 33.0 Å². The van der Waals surface area contributed by atoms with E-state index in [-0.39, 0.29) is 18.3 Å². The second kappa shape index (κ2) is 13.6. The van der Waals surface area contributed by atoms with Crippen LogP contribution in [0, 0.1) is 5.92 Å². The summed E-state index contributed by atoms with van der Waals surface area (Å²) >= 11 is 0. The van der Waals surface area contributed by atoms with Gasteiger partial charge in [0.1, 0.15) is 19.0 Å². The number of carbonyl (C=O) groups excluding carboxylic acids is 1. The highest BCUT2D eigenvalue weighted by Crippen LogP contribution is 2.16. The molecule has 1 aromatic carbocycles. The molecule has 0 radical (unpaired) electrons. The van der Waals surface area contributed by atoms with Crippen molar-refractivity contribution in [2.75, 3.05) is 51.6 Å². The predicted molar refractivity (Wildman–Crippen MR) is 103 cm³/mol. The summed E-state index contributed by atoms with van der Waals surface area (Å²) in [5.74, 6) is 0.951. The molecule has 1 aromatic rings. The molecule has 0 saturated heterocycles. The lowest BCUT2D eigenvalue weighted by Gasteiger charge is -2.11. The average molecular weight is 367 g/mol. The van der Waals surface area contributed by atoms with E-state index in [4.69, 9.17) is 18.9 Å². The number of benzene rings is 1. The van der Waals surface area contributed by atoms with Crippen LogP contribution in [0.1, 0.15) is 27.7 Å². The number of hydrogen-bond acceptors (Lipinski definition) is 6. The van der Waals surface area contributed by atoms with Crippen molar-refractivity contribution in [3.05, 3.63) is 24.3 Å². The molecule has 0 aliphatic carbocycles. The van der Waals surface area contributed by atoms with Gasteiger partial charge in [-0.05, 0) is 38.1 Å². The molecule has 6 nitrogen and oxygen atoms in total. The zero-order valence-electron chi connectivity index (χ0n) is 16.5. The smallest absolute Gasteiger partial charge is 0.160 e. The van der Waals surface area contributed by atoms with Gasteiger partial charge in [-0.1, -0.05) is 13.8 Å². The first-order valence-electron chi connectivity index (χ1n) is 9.24. The SMILES string of the molecule is CC(C)Nc1ccc(OCCOCCOCCOCC(=O)C(C)C)cc1. The molecule has 1 N–H and O–H groups in total. The Morgan fingerprint density at radius 2 is 1.38 bits per heavy atom. The van der Waals surface area contributed by atoms with Crippen LogP contribution < -0.4 is 10.1 Å². The van der Waals surface area contributed by atoms with Gasteiger partial charge in [0.15, 0.2) is 5.78 Å². The maximum absolute atomic E-state index is 11.3. The molecule has 0 heterocycles. The molecule has 0 unspecified atom stereocenters. The van der Waals surface area contributed by atoms with Crippen LogP contribution in [0.25, 0.3) is 0 Å². The van der Waals surface area contributed by atoms with Crippen LogP contribution in [0.5, 0.6) is 5.75 Å². The number of carbonyl (C=O) groups is 1. The summed E-state index contributed by atoms with van der Waals surface area (Å²) < 4.78 is 21.7. The minimum atomic E-state index is 0.0150. The Labute approximate surface area is 157 Å². The normalized spacial score (nSPS) is 11.2. The Morgan fingerprint density at radius 1 is 0.846 bits per heavy atom. The Bertz CT molecular complexity index is 487. The van der Waals surface area contributed by atoms with Crippen molar-refractivity contribution < 1.29 is 23.7 Å². The third-order valence-electron chi connectivity index (χ3n) is 3.44. The lowest BCUT2D eigenvalue weighted by Crippen LogP contribution is -2.17. The van der Waals surface area contributed by atoms with E-state index in [9.17, 15) is 4.79 Å². The molecular weight excluding hydrogens is 334 g/mol. The minimum Gasteiger partial charge on any atom is -0.491 e. The highest BCUT2D eigenvalue weighted by atomic mass is 16.6. The fraction of sp³-hybridized carbons (Fsp3) is 0.650. The van der Waals surface area contributed by atoms with E-state index in [2.05, 4.69) is 19.2 Å². The molecule has 6 heteroatoms. The van der Waals surface area contributed by atoms with Gasteiger partial charge < -0.3 is 24.3 Å². The number of ether oxygens (including phenoxy) is 4. The number of anilines is 1. The average Bonchev–Trinajstić information content (AvgIpc) is 2.60. The highest BCUT2D eigenvalue weighted by Gasteiger charge is 2.06. The minimum absolute atomic E-state index is 0.0150. The Morgan fingerprint density at radius 3 is 1.92 bits per heavy atom. The number of rotatable bonds is 15. The van der Waals surface area contributed by atoms with Crippen molar-refractivity contribution >= 4 is 11.5 Å². The van der Waals surface area contributed by atoms with E-state index < -0.39 is 0 Å². The third-order valence-corrected chi connectivity index (χ3v) is 3.44. The van der Waals surface area contributed by atoms with Crippen LogP contribution in [0.4, 0.5) is 5.69 Å². The summed E-state index contributed by atoms with van der Waals surface area (Å²) in [6.07, 6.45) is 0. The zero-order chi connectivity index (χ0) is 19.2. The Kier molecular flexibility index (Phi) is 11.7. The maximum Gasteiger partial charge on any atom is 0.160 e. The van der Waals surface area contributed by atoms with E-state index in [1.54, 1.807) is 0 Å². The van der Waals surface area contributed by atoms with E-state index in [1.165, 1.54) is 0 Å². The van der Waals surface area contributed by atoms with Crippen LogP contribution in [0.15, 0.2) is 24.3 Å². The number of hydrogen-bond donors (Lipinski definition) is 1. The molecule has 0 aliphatic heterocycles. The standard InChI is InChI=1S/C20H33NO5/c1-16(2)20(22)15-25-12-11-23-9-10-24-13-14-26-19-7-5-18(6-8-19)21-17(3)4/h5-8,16-17,21H,9-15H2,1-4H3. The number of nitrogens with one attached hydrogen (secondary N) is 1. The fourth-order valence-corrected chi connectivity index (χ4v) is 1.98. The van der Waals surface area contributed by atoms with Crippen LogP contribution in [-0.4, -0.2) is 58.1 Å². The van der Waals surface area contributed by atoms with Crippen LogP contribution in [0.2, 0.25) is 0 Å². The van der Waals surface area contributed by atoms with Gasteiger partial charge in [-0.15, -0.1) is 0 Å². The molecule has 1 rings (SSSR count). The summed E-state index contributed by atoms with van der Waals surface area (Å²) in [5, 5.41) is 3.33. The fourth-order valence-electron chi connectivity index (χ4n) is 1.98. The summed E-state index contributed by atoms with van der Waals surface area (Å²) in [4.78, 5) is 11.3. The number of Topliss-reactive ketones (excluding diaryl/α,β-unsaturated/α-hetero) is 1. The quantitative estimate of drug-likeness (QED) is 0.480. The predicted octanol–water partition coefficient (Wildman–Crippen LogP) is 3.16. The van der Waals surface area contributed by atoms with Gasteiger partial charge in [-0.2, -0.15) is 0 Å². The molecule has 0 bridgehead atoms. The van der Waals surface area contributed by atoms with Gasteiger partial charge in [-0.3, -0.25) is 4.79 Å². The van der Waals surface area contributed by atoms with Crippen LogP contribution in [-0.2, 0) is 19.0 Å². The molecule has 0 spiro atoms. The van der Waals surface area contributed by atoms with E-state index in [0.717, 1.165) is 11.4 Å². The van der Waals surface area contributed by atoms with E-state index in [0.29, 0.717) is 45.7 Å². The zero-order valence-corrected chi connectivity index (χ0v) is 16.5. The molecular formula is C20H33NO5. The molecule has 0 fully saturated rings. The molecule has 0 saturated carbocycles. The molecule has 0 amide bonds. The van der Waals surface area contributed by atoms with Gasteiger partial charge >= 0.3 is 0 Å². The highest BCUT2D eigenvalue weighted by molar-refractivity contribution is 5.81. The van der Waals surface area contributed by atoms with Crippen molar-refractivity contribution in [1.82, 2.24) is 0 Å². The summed E-state index contributed by atoms with van der Waals surface area (Å²) in [6, 6.07) is 8.30. The first kappa shape index (κ1) is 22.4. The Balaban J connectivity index is 1.92. The van der Waals surface area contributed by atoms with Gasteiger partial charge in [0.25, 0.3) is 0 Å². The number of ketones is 1. The second-order valence-corrected chi connectivity index (χ2v) is 6.57. The summed E-state index contributed by atoms with van der Waals surface area (Å²) in [6.45, 7) is 11.0. The van der Waals surface area contributed by atoms with Crippen molar-refractivity contribution in [2.45, 2.75) is 33.7 Å². The van der Waals surface area contributed by atoms with Crippen molar-refractivity contribution in [2.24, 2.45) is 5.92 Å². The topological polar surface area (TPSA) is 66.0 Å². The molecule has 148 valence electrons. The van der Waals surface area contributed by atoms with Crippen molar-refractivity contribution in [3.8, 4) is 5.75 Å².